The van der Waals surface area contributed by atoms with Crippen LogP contribution in [0.3, 0.4) is 0 Å². The number of rotatable bonds is 4. The van der Waals surface area contributed by atoms with E-state index in [1.54, 1.807) is 6.21 Å². The van der Waals surface area contributed by atoms with Gasteiger partial charge < -0.3 is 9.67 Å². The summed E-state index contributed by atoms with van der Waals surface area (Å²) in [5.41, 5.74) is 5.65. The summed E-state index contributed by atoms with van der Waals surface area (Å²) in [5.74, 6) is 0.922. The quantitative estimate of drug-likeness (QED) is 0.298. The van der Waals surface area contributed by atoms with E-state index in [9.17, 15) is 5.11 Å². The Hall–Kier alpha value is -1.36. The highest BCUT2D eigenvalue weighted by atomic mass is 127. The highest BCUT2D eigenvalue weighted by molar-refractivity contribution is 14.1. The minimum atomic E-state index is 0.237. The van der Waals surface area contributed by atoms with Crippen molar-refractivity contribution in [3.05, 3.63) is 49.1 Å². The highest BCUT2D eigenvalue weighted by Crippen LogP contribution is 2.26. The van der Waals surface area contributed by atoms with Crippen molar-refractivity contribution in [2.45, 2.75) is 13.5 Å². The number of nitrogens with zero attached hydrogens (tertiary/aromatic N) is 3. The number of aromatic hydroxyl groups is 1. The lowest BCUT2D eigenvalue weighted by molar-refractivity contribution is 0.470. The summed E-state index contributed by atoms with van der Waals surface area (Å²) in [6.45, 7) is 2.86. The van der Waals surface area contributed by atoms with Gasteiger partial charge in [0.2, 0.25) is 5.95 Å². The van der Waals surface area contributed by atoms with Crippen LogP contribution in [0, 0.1) is 7.14 Å². The van der Waals surface area contributed by atoms with Crippen LogP contribution in [0.2, 0.25) is 0 Å². The molecule has 2 aromatic carbocycles. The van der Waals surface area contributed by atoms with E-state index in [1.165, 1.54) is 0 Å². The van der Waals surface area contributed by atoms with Crippen molar-refractivity contribution < 1.29 is 5.11 Å². The molecule has 0 aliphatic carbocycles. The molecule has 1 aromatic heterocycles. The van der Waals surface area contributed by atoms with Gasteiger partial charge in [0.1, 0.15) is 5.75 Å². The Morgan fingerprint density at radius 1 is 1.30 bits per heavy atom. The summed E-state index contributed by atoms with van der Waals surface area (Å²) in [7, 11) is 0. The third-order valence-electron chi connectivity index (χ3n) is 3.40. The molecule has 2 N–H and O–H groups in total. The van der Waals surface area contributed by atoms with Gasteiger partial charge in [-0.1, -0.05) is 12.1 Å². The molecule has 0 atom stereocenters. The van der Waals surface area contributed by atoms with Crippen LogP contribution in [0.4, 0.5) is 5.95 Å². The minimum absolute atomic E-state index is 0.237. The fraction of sp³-hybridized carbons (Fsp3) is 0.125. The summed E-state index contributed by atoms with van der Waals surface area (Å²) in [4.78, 5) is 4.54. The molecule has 0 aliphatic heterocycles. The first-order valence-corrected chi connectivity index (χ1v) is 9.18. The third-order valence-corrected chi connectivity index (χ3v) is 4.84. The van der Waals surface area contributed by atoms with Crippen molar-refractivity contribution in [2.24, 2.45) is 5.10 Å². The van der Waals surface area contributed by atoms with Gasteiger partial charge in [0.05, 0.1) is 20.8 Å². The fourth-order valence-corrected chi connectivity index (χ4v) is 4.21. The van der Waals surface area contributed by atoms with Gasteiger partial charge in [-0.2, -0.15) is 5.10 Å². The fourth-order valence-electron chi connectivity index (χ4n) is 2.32. The highest BCUT2D eigenvalue weighted by Gasteiger charge is 2.08. The second-order valence-electron chi connectivity index (χ2n) is 4.86. The number of aromatic nitrogens is 2. The van der Waals surface area contributed by atoms with Crippen LogP contribution in [0.1, 0.15) is 12.5 Å². The summed E-state index contributed by atoms with van der Waals surface area (Å²) in [6.07, 6.45) is 1.61. The average molecular weight is 532 g/mol. The molecule has 0 radical (unpaired) electrons. The maximum absolute atomic E-state index is 10.1. The van der Waals surface area contributed by atoms with Gasteiger partial charge in [-0.3, -0.25) is 0 Å². The Labute approximate surface area is 161 Å². The van der Waals surface area contributed by atoms with E-state index in [4.69, 9.17) is 0 Å². The van der Waals surface area contributed by atoms with Gasteiger partial charge in [0.25, 0.3) is 0 Å². The molecule has 23 heavy (non-hydrogen) atoms. The van der Waals surface area contributed by atoms with E-state index in [0.717, 1.165) is 24.7 Å². The maximum atomic E-state index is 10.1. The summed E-state index contributed by atoms with van der Waals surface area (Å²) < 4.78 is 3.91. The average Bonchev–Trinajstić information content (AvgIpc) is 2.89. The van der Waals surface area contributed by atoms with Crippen molar-refractivity contribution in [2.75, 3.05) is 5.43 Å². The number of phenols is 1. The van der Waals surface area contributed by atoms with Crippen LogP contribution < -0.4 is 5.43 Å². The number of phenolic OH excluding ortho intramolecular Hbond substituents is 1. The van der Waals surface area contributed by atoms with Gasteiger partial charge in [-0.25, -0.2) is 10.4 Å². The lowest BCUT2D eigenvalue weighted by Crippen LogP contribution is -2.02. The van der Waals surface area contributed by atoms with Crippen LogP contribution in [0.25, 0.3) is 11.0 Å². The number of aryl methyl sites for hydroxylation is 1. The number of hydrazone groups is 1. The standard InChI is InChI=1S/C16H14I2N4O/c1-2-22-14-6-4-3-5-13(14)20-16(22)21-19-9-10-7-11(17)8-12(18)15(10)23/h3-9,23H,2H2,1H3,(H,20,21)/b19-9-. The number of anilines is 1. The van der Waals surface area contributed by atoms with E-state index in [2.05, 4.69) is 72.2 Å². The number of hydrogen-bond donors (Lipinski definition) is 2. The molecule has 5 nitrogen and oxygen atoms in total. The lowest BCUT2D eigenvalue weighted by Gasteiger charge is -2.05. The van der Waals surface area contributed by atoms with Crippen LogP contribution >= 0.6 is 45.2 Å². The van der Waals surface area contributed by atoms with E-state index < -0.39 is 0 Å². The normalized spacial score (nSPS) is 11.4. The predicted molar refractivity (Wildman–Crippen MR) is 110 cm³/mol. The van der Waals surface area contributed by atoms with Crippen molar-refractivity contribution in [3.8, 4) is 5.75 Å². The molecule has 0 saturated carbocycles. The molecule has 0 aliphatic rings. The Bertz CT molecular complexity index is 889. The maximum Gasteiger partial charge on any atom is 0.224 e. The third kappa shape index (κ3) is 3.44. The summed E-state index contributed by atoms with van der Waals surface area (Å²) >= 11 is 4.32. The SMILES string of the molecule is CCn1c(N/N=C\c2cc(I)cc(I)c2O)nc2ccccc21. The number of imidazole rings is 1. The van der Waals surface area contributed by atoms with Gasteiger partial charge in [0.15, 0.2) is 0 Å². The van der Waals surface area contributed by atoms with E-state index in [-0.39, 0.29) is 5.75 Å². The molecule has 1 heterocycles. The van der Waals surface area contributed by atoms with Crippen LogP contribution in [-0.4, -0.2) is 20.9 Å². The van der Waals surface area contributed by atoms with E-state index in [0.29, 0.717) is 11.5 Å². The number of para-hydroxylation sites is 2. The Morgan fingerprint density at radius 3 is 2.87 bits per heavy atom. The number of fused-ring (bicyclic) bond motifs is 1. The molecule has 0 amide bonds. The number of nitrogens with one attached hydrogen (secondary N) is 1. The van der Waals surface area contributed by atoms with Crippen molar-refractivity contribution in [1.82, 2.24) is 9.55 Å². The minimum Gasteiger partial charge on any atom is -0.506 e. The second-order valence-corrected chi connectivity index (χ2v) is 7.27. The van der Waals surface area contributed by atoms with Crippen LogP contribution in [-0.2, 0) is 6.54 Å². The van der Waals surface area contributed by atoms with E-state index >= 15 is 0 Å². The molecular formula is C16H14I2N4O. The molecule has 118 valence electrons. The predicted octanol–water partition coefficient (Wildman–Crippen LogP) is 4.42. The molecule has 3 rings (SSSR count). The first kappa shape index (κ1) is 16.5. The molecule has 0 fully saturated rings. The van der Waals surface area contributed by atoms with Gasteiger partial charge in [0, 0.05) is 15.7 Å². The largest absolute Gasteiger partial charge is 0.506 e. The Balaban J connectivity index is 1.89. The second kappa shape index (κ2) is 7.04. The molecule has 0 spiro atoms. The van der Waals surface area contributed by atoms with Crippen LogP contribution in [0.5, 0.6) is 5.75 Å². The number of hydrogen-bond acceptors (Lipinski definition) is 4. The van der Waals surface area contributed by atoms with Crippen molar-refractivity contribution in [1.29, 1.82) is 0 Å². The first-order chi connectivity index (χ1) is 11.1. The number of benzene rings is 2. The van der Waals surface area contributed by atoms with Gasteiger partial charge >= 0.3 is 0 Å². The molecule has 0 saturated heterocycles. The zero-order valence-corrected chi connectivity index (χ0v) is 16.6. The lowest BCUT2D eigenvalue weighted by atomic mass is 10.2. The molecule has 0 unspecified atom stereocenters. The Kier molecular flexibility index (Phi) is 5.05. The molecule has 3 aromatic rings. The molecule has 0 bridgehead atoms. The zero-order valence-electron chi connectivity index (χ0n) is 12.3. The summed E-state index contributed by atoms with van der Waals surface area (Å²) in [5, 5.41) is 14.3. The monoisotopic (exact) mass is 532 g/mol. The van der Waals surface area contributed by atoms with E-state index in [1.807, 2.05) is 36.4 Å². The Morgan fingerprint density at radius 2 is 2.09 bits per heavy atom. The zero-order chi connectivity index (χ0) is 16.4. The molecular weight excluding hydrogens is 518 g/mol. The van der Waals surface area contributed by atoms with Crippen molar-refractivity contribution >= 4 is 68.4 Å². The molecule has 7 heteroatoms. The topological polar surface area (TPSA) is 62.4 Å². The number of halogens is 2. The smallest absolute Gasteiger partial charge is 0.224 e. The first-order valence-electron chi connectivity index (χ1n) is 7.02. The van der Waals surface area contributed by atoms with Crippen molar-refractivity contribution in [3.63, 3.8) is 0 Å². The van der Waals surface area contributed by atoms with Gasteiger partial charge in [-0.05, 0) is 76.4 Å². The van der Waals surface area contributed by atoms with Crippen LogP contribution in [0.15, 0.2) is 41.5 Å². The summed E-state index contributed by atoms with van der Waals surface area (Å²) in [6, 6.07) is 11.8. The van der Waals surface area contributed by atoms with Gasteiger partial charge in [-0.15, -0.1) is 0 Å².